The number of hydrogen-bond donors (Lipinski definition) is 1. The molecule has 0 fully saturated rings. The first-order valence-electron chi connectivity index (χ1n) is 5.25. The molecule has 1 N–H and O–H groups in total. The van der Waals surface area contributed by atoms with E-state index in [1.807, 2.05) is 0 Å². The highest BCUT2D eigenvalue weighted by molar-refractivity contribution is 6.36. The summed E-state index contributed by atoms with van der Waals surface area (Å²) in [5, 5.41) is 12.1. The number of oxime groups is 1. The van der Waals surface area contributed by atoms with Gasteiger partial charge in [0.25, 0.3) is 0 Å². The average Bonchev–Trinajstić information content (AvgIpc) is 2.66. The first-order valence-corrected chi connectivity index (χ1v) is 5.25. The van der Waals surface area contributed by atoms with Gasteiger partial charge in [-0.15, -0.1) is 0 Å². The molecule has 0 radical (unpaired) electrons. The Kier molecular flexibility index (Phi) is 4.75. The van der Waals surface area contributed by atoms with E-state index in [-0.39, 0.29) is 18.2 Å². The number of aliphatic carboxylic acids is 1. The lowest BCUT2D eigenvalue weighted by molar-refractivity contribution is -0.137. The summed E-state index contributed by atoms with van der Waals surface area (Å²) in [6.07, 6.45) is 1.41. The quantitative estimate of drug-likeness (QED) is 0.685. The van der Waals surface area contributed by atoms with Crippen LogP contribution in [0.2, 0.25) is 0 Å². The van der Waals surface area contributed by atoms with Gasteiger partial charge >= 0.3 is 11.9 Å². The Bertz CT molecular complexity index is 300. The zero-order chi connectivity index (χ0) is 12.0. The first kappa shape index (κ1) is 12.5. The second-order valence-corrected chi connectivity index (χ2v) is 3.48. The Morgan fingerprint density at radius 1 is 1.62 bits per heavy atom. The number of hydrogen-bond acceptors (Lipinski definition) is 5. The molecule has 1 rings (SSSR count). The Labute approximate surface area is 93.2 Å². The maximum Gasteiger partial charge on any atom is 0.356 e. The van der Waals surface area contributed by atoms with Crippen molar-refractivity contribution < 1.29 is 24.3 Å². The molecule has 0 aromatic carbocycles. The average molecular weight is 229 g/mol. The largest absolute Gasteiger partial charge is 0.481 e. The van der Waals surface area contributed by atoms with Crippen LogP contribution in [0, 0.1) is 0 Å². The summed E-state index contributed by atoms with van der Waals surface area (Å²) >= 11 is 0. The van der Waals surface area contributed by atoms with Gasteiger partial charge in [-0.05, 0) is 19.8 Å². The molecule has 6 heteroatoms. The Balaban J connectivity index is 2.23. The molecule has 0 aliphatic carbocycles. The second kappa shape index (κ2) is 6.09. The molecule has 16 heavy (non-hydrogen) atoms. The summed E-state index contributed by atoms with van der Waals surface area (Å²) in [5.74, 6) is -1.28. The minimum Gasteiger partial charge on any atom is -0.481 e. The van der Waals surface area contributed by atoms with Crippen molar-refractivity contribution in [3.63, 3.8) is 0 Å². The smallest absolute Gasteiger partial charge is 0.356 e. The molecule has 0 aromatic rings. The lowest BCUT2D eigenvalue weighted by atomic mass is 10.1. The summed E-state index contributed by atoms with van der Waals surface area (Å²) in [6.45, 7) is 2.03. The molecule has 1 aliphatic rings. The molecule has 0 bridgehead atoms. The maximum absolute atomic E-state index is 11.2. The number of esters is 1. The van der Waals surface area contributed by atoms with Gasteiger partial charge in [-0.1, -0.05) is 5.16 Å². The van der Waals surface area contributed by atoms with Gasteiger partial charge < -0.3 is 14.7 Å². The van der Waals surface area contributed by atoms with Crippen molar-refractivity contribution in [3.05, 3.63) is 0 Å². The molecular formula is C10H15NO5. The topological polar surface area (TPSA) is 85.2 Å². The molecule has 90 valence electrons. The molecule has 1 aliphatic heterocycles. The predicted octanol–water partition coefficient (Wildman–Crippen LogP) is 0.949. The number of carbonyl (C=O) groups excluding carboxylic acids is 1. The monoisotopic (exact) mass is 229 g/mol. The van der Waals surface area contributed by atoms with E-state index in [0.29, 0.717) is 25.9 Å². The van der Waals surface area contributed by atoms with Gasteiger partial charge in [-0.25, -0.2) is 4.79 Å². The number of rotatable bonds is 6. The Hall–Kier alpha value is -1.59. The fourth-order valence-electron chi connectivity index (χ4n) is 1.40. The van der Waals surface area contributed by atoms with Crippen molar-refractivity contribution in [1.29, 1.82) is 0 Å². The lowest BCUT2D eigenvalue weighted by Crippen LogP contribution is -2.18. The van der Waals surface area contributed by atoms with Crippen molar-refractivity contribution >= 4 is 17.7 Å². The van der Waals surface area contributed by atoms with Crippen LogP contribution in [0.1, 0.15) is 32.6 Å². The van der Waals surface area contributed by atoms with E-state index in [4.69, 9.17) is 14.7 Å². The SMILES string of the molecule is CCOC(=O)C1=NOC(CCCC(=O)O)C1. The first-order chi connectivity index (χ1) is 7.63. The van der Waals surface area contributed by atoms with Gasteiger partial charge in [-0.3, -0.25) is 4.79 Å². The van der Waals surface area contributed by atoms with Gasteiger partial charge in [0, 0.05) is 12.8 Å². The summed E-state index contributed by atoms with van der Waals surface area (Å²) in [7, 11) is 0. The van der Waals surface area contributed by atoms with Gasteiger partial charge in [-0.2, -0.15) is 0 Å². The fourth-order valence-corrected chi connectivity index (χ4v) is 1.40. The van der Waals surface area contributed by atoms with E-state index >= 15 is 0 Å². The third-order valence-electron chi connectivity index (χ3n) is 2.16. The van der Waals surface area contributed by atoms with E-state index in [2.05, 4.69) is 5.16 Å². The molecule has 0 saturated heterocycles. The van der Waals surface area contributed by atoms with Crippen LogP contribution < -0.4 is 0 Å². The highest BCUT2D eigenvalue weighted by atomic mass is 16.6. The Morgan fingerprint density at radius 2 is 2.38 bits per heavy atom. The van der Waals surface area contributed by atoms with Gasteiger partial charge in [0.15, 0.2) is 5.71 Å². The van der Waals surface area contributed by atoms with Crippen molar-refractivity contribution in [1.82, 2.24) is 0 Å². The lowest BCUT2D eigenvalue weighted by Gasteiger charge is -2.05. The van der Waals surface area contributed by atoms with E-state index in [0.717, 1.165) is 0 Å². The summed E-state index contributed by atoms with van der Waals surface area (Å²) in [5.41, 5.74) is 0.280. The highest BCUT2D eigenvalue weighted by Gasteiger charge is 2.26. The number of carboxylic acids is 1. The van der Waals surface area contributed by atoms with E-state index < -0.39 is 11.9 Å². The van der Waals surface area contributed by atoms with E-state index in [9.17, 15) is 9.59 Å². The van der Waals surface area contributed by atoms with E-state index in [1.54, 1.807) is 6.92 Å². The molecule has 0 amide bonds. The summed E-state index contributed by atoms with van der Waals surface area (Å²) in [6, 6.07) is 0. The number of carboxylic acid groups (broad SMARTS) is 1. The Morgan fingerprint density at radius 3 is 3.00 bits per heavy atom. The van der Waals surface area contributed by atoms with Crippen LogP contribution in [0.25, 0.3) is 0 Å². The van der Waals surface area contributed by atoms with Crippen LogP contribution in [0.4, 0.5) is 0 Å². The van der Waals surface area contributed by atoms with Crippen LogP contribution in [0.5, 0.6) is 0 Å². The van der Waals surface area contributed by atoms with Crippen LogP contribution in [-0.2, 0) is 19.2 Å². The molecule has 0 aromatic heterocycles. The third kappa shape index (κ3) is 3.88. The normalized spacial score (nSPS) is 18.8. The van der Waals surface area contributed by atoms with E-state index in [1.165, 1.54) is 0 Å². The summed E-state index contributed by atoms with van der Waals surface area (Å²) < 4.78 is 4.77. The molecule has 0 spiro atoms. The van der Waals surface area contributed by atoms with Gasteiger partial charge in [0.05, 0.1) is 6.61 Å². The van der Waals surface area contributed by atoms with Crippen LogP contribution in [-0.4, -0.2) is 35.5 Å². The zero-order valence-corrected chi connectivity index (χ0v) is 9.14. The zero-order valence-electron chi connectivity index (χ0n) is 9.14. The number of carbonyl (C=O) groups is 2. The van der Waals surface area contributed by atoms with Crippen LogP contribution in [0.15, 0.2) is 5.16 Å². The van der Waals surface area contributed by atoms with Crippen LogP contribution >= 0.6 is 0 Å². The fraction of sp³-hybridized carbons (Fsp3) is 0.700. The molecule has 6 nitrogen and oxygen atoms in total. The maximum atomic E-state index is 11.2. The summed E-state index contributed by atoms with van der Waals surface area (Å²) in [4.78, 5) is 26.5. The standard InChI is InChI=1S/C10H15NO5/c1-2-15-10(14)8-6-7(16-11-8)4-3-5-9(12)13/h7H,2-6H2,1H3,(H,12,13). The van der Waals surface area contributed by atoms with Gasteiger partial charge in [0.1, 0.15) is 6.10 Å². The third-order valence-corrected chi connectivity index (χ3v) is 2.16. The molecule has 1 atom stereocenters. The number of ether oxygens (including phenoxy) is 1. The van der Waals surface area contributed by atoms with Crippen LogP contribution in [0.3, 0.4) is 0 Å². The molecular weight excluding hydrogens is 214 g/mol. The predicted molar refractivity (Wildman–Crippen MR) is 55.0 cm³/mol. The van der Waals surface area contributed by atoms with Crippen molar-refractivity contribution in [2.75, 3.05) is 6.61 Å². The van der Waals surface area contributed by atoms with Crippen molar-refractivity contribution in [2.24, 2.45) is 5.16 Å². The van der Waals surface area contributed by atoms with Crippen molar-refractivity contribution in [3.8, 4) is 0 Å². The molecule has 1 heterocycles. The minimum absolute atomic E-state index is 0.106. The minimum atomic E-state index is -0.829. The molecule has 0 saturated carbocycles. The second-order valence-electron chi connectivity index (χ2n) is 3.48. The van der Waals surface area contributed by atoms with Crippen molar-refractivity contribution in [2.45, 2.75) is 38.7 Å². The molecule has 1 unspecified atom stereocenters. The highest BCUT2D eigenvalue weighted by Crippen LogP contribution is 2.17. The number of nitrogens with zero attached hydrogens (tertiary/aromatic N) is 1. The van der Waals surface area contributed by atoms with Gasteiger partial charge in [0.2, 0.25) is 0 Å².